The van der Waals surface area contributed by atoms with Crippen LogP contribution in [0.15, 0.2) is 29.4 Å². The van der Waals surface area contributed by atoms with E-state index in [0.29, 0.717) is 11.4 Å². The molecule has 0 amide bonds. The zero-order chi connectivity index (χ0) is 16.1. The molecule has 0 heterocycles. The van der Waals surface area contributed by atoms with Gasteiger partial charge in [-0.25, -0.2) is 8.42 Å². The SMILES string of the molecule is CC(C)(C)CS(=O)(=O)Nc1ccc(OCC(N)=NO)cc1. The second kappa shape index (κ2) is 6.66. The van der Waals surface area contributed by atoms with Crippen molar-refractivity contribution in [2.45, 2.75) is 20.8 Å². The standard InChI is InChI=1S/C13H21N3O4S/c1-13(2,3)9-21(18,19)16-10-4-6-11(7-5-10)20-8-12(14)15-17/h4-7,16-17H,8-9H2,1-3H3,(H2,14,15). The number of sulfonamides is 1. The molecule has 7 nitrogen and oxygen atoms in total. The van der Waals surface area contributed by atoms with Crippen LogP contribution in [0.2, 0.25) is 0 Å². The van der Waals surface area contributed by atoms with Crippen molar-refractivity contribution >= 4 is 21.5 Å². The molecule has 0 atom stereocenters. The summed E-state index contributed by atoms with van der Waals surface area (Å²) in [5, 5.41) is 11.2. The van der Waals surface area contributed by atoms with Crippen molar-refractivity contribution in [1.82, 2.24) is 0 Å². The van der Waals surface area contributed by atoms with Crippen molar-refractivity contribution in [3.05, 3.63) is 24.3 Å². The van der Waals surface area contributed by atoms with E-state index >= 15 is 0 Å². The van der Waals surface area contributed by atoms with Crippen molar-refractivity contribution < 1.29 is 18.4 Å². The number of amidine groups is 1. The lowest BCUT2D eigenvalue weighted by Crippen LogP contribution is -2.26. The fourth-order valence-electron chi connectivity index (χ4n) is 1.59. The van der Waals surface area contributed by atoms with Gasteiger partial charge >= 0.3 is 0 Å². The highest BCUT2D eigenvalue weighted by molar-refractivity contribution is 7.92. The van der Waals surface area contributed by atoms with E-state index in [2.05, 4.69) is 9.88 Å². The molecule has 21 heavy (non-hydrogen) atoms. The predicted octanol–water partition coefficient (Wildman–Crippen LogP) is 1.60. The lowest BCUT2D eigenvalue weighted by molar-refractivity contribution is 0.306. The zero-order valence-electron chi connectivity index (χ0n) is 12.3. The lowest BCUT2D eigenvalue weighted by Gasteiger charge is -2.18. The van der Waals surface area contributed by atoms with Crippen LogP contribution in [-0.2, 0) is 10.0 Å². The Morgan fingerprint density at radius 3 is 2.38 bits per heavy atom. The molecule has 0 spiro atoms. The minimum Gasteiger partial charge on any atom is -0.486 e. The molecule has 1 aromatic carbocycles. The van der Waals surface area contributed by atoms with E-state index in [4.69, 9.17) is 15.7 Å². The van der Waals surface area contributed by atoms with E-state index in [0.717, 1.165) is 0 Å². The van der Waals surface area contributed by atoms with E-state index in [1.54, 1.807) is 24.3 Å². The Kier molecular flexibility index (Phi) is 5.42. The minimum absolute atomic E-state index is 0.0295. The van der Waals surface area contributed by atoms with Crippen LogP contribution >= 0.6 is 0 Å². The van der Waals surface area contributed by atoms with Gasteiger partial charge in [0.2, 0.25) is 10.0 Å². The molecule has 0 fully saturated rings. The zero-order valence-corrected chi connectivity index (χ0v) is 13.1. The first kappa shape index (κ1) is 17.1. The average Bonchev–Trinajstić information content (AvgIpc) is 2.34. The lowest BCUT2D eigenvalue weighted by atomic mass is 10.0. The number of nitrogens with zero attached hydrogens (tertiary/aromatic N) is 1. The third-order valence-electron chi connectivity index (χ3n) is 2.27. The molecule has 8 heteroatoms. The Hall–Kier alpha value is -1.96. The predicted molar refractivity (Wildman–Crippen MR) is 82.2 cm³/mol. The van der Waals surface area contributed by atoms with Gasteiger partial charge in [0.25, 0.3) is 0 Å². The quantitative estimate of drug-likeness (QED) is 0.319. The highest BCUT2D eigenvalue weighted by Crippen LogP contribution is 2.20. The number of ether oxygens (including phenoxy) is 1. The fourth-order valence-corrected chi connectivity index (χ4v) is 3.30. The summed E-state index contributed by atoms with van der Waals surface area (Å²) in [4.78, 5) is 0. The number of nitrogens with one attached hydrogen (secondary N) is 1. The van der Waals surface area contributed by atoms with Gasteiger partial charge in [-0.1, -0.05) is 25.9 Å². The largest absolute Gasteiger partial charge is 0.486 e. The second-order valence-electron chi connectivity index (χ2n) is 5.83. The van der Waals surface area contributed by atoms with E-state index < -0.39 is 10.0 Å². The summed E-state index contributed by atoms with van der Waals surface area (Å²) in [5.74, 6) is 0.465. The van der Waals surface area contributed by atoms with Gasteiger partial charge in [-0.15, -0.1) is 0 Å². The van der Waals surface area contributed by atoms with E-state index in [1.807, 2.05) is 20.8 Å². The third kappa shape index (κ3) is 6.84. The van der Waals surface area contributed by atoms with E-state index in [9.17, 15) is 8.42 Å². The highest BCUT2D eigenvalue weighted by atomic mass is 32.2. The molecule has 118 valence electrons. The van der Waals surface area contributed by atoms with Gasteiger partial charge in [-0.05, 0) is 29.7 Å². The molecule has 1 rings (SSSR count). The first-order valence-corrected chi connectivity index (χ1v) is 7.96. The summed E-state index contributed by atoms with van der Waals surface area (Å²) in [6.07, 6.45) is 0. The molecule has 0 unspecified atom stereocenters. The van der Waals surface area contributed by atoms with Gasteiger partial charge < -0.3 is 15.7 Å². The molecule has 0 saturated carbocycles. The monoisotopic (exact) mass is 315 g/mol. The maximum absolute atomic E-state index is 12.0. The number of rotatable bonds is 6. The van der Waals surface area contributed by atoms with E-state index in [-0.39, 0.29) is 23.6 Å². The van der Waals surface area contributed by atoms with Gasteiger partial charge in [0.15, 0.2) is 5.84 Å². The molecule has 0 bridgehead atoms. The number of anilines is 1. The first-order chi connectivity index (χ1) is 9.61. The molecule has 0 aliphatic heterocycles. The molecule has 0 aromatic heterocycles. The number of hydrogen-bond donors (Lipinski definition) is 3. The van der Waals surface area contributed by atoms with Gasteiger partial charge in [0, 0.05) is 5.69 Å². The van der Waals surface area contributed by atoms with Crippen LogP contribution < -0.4 is 15.2 Å². The van der Waals surface area contributed by atoms with Crippen LogP contribution in [0.25, 0.3) is 0 Å². The highest BCUT2D eigenvalue weighted by Gasteiger charge is 2.21. The van der Waals surface area contributed by atoms with Crippen molar-refractivity contribution in [2.75, 3.05) is 17.1 Å². The Balaban J connectivity index is 2.66. The van der Waals surface area contributed by atoms with Gasteiger partial charge in [-0.3, -0.25) is 4.72 Å². The summed E-state index contributed by atoms with van der Waals surface area (Å²) in [5.41, 5.74) is 5.41. The van der Waals surface area contributed by atoms with Crippen molar-refractivity contribution in [3.63, 3.8) is 0 Å². The van der Waals surface area contributed by atoms with E-state index in [1.165, 1.54) is 0 Å². The molecule has 0 radical (unpaired) electrons. The topological polar surface area (TPSA) is 114 Å². The summed E-state index contributed by atoms with van der Waals surface area (Å²) in [6.45, 7) is 5.52. The van der Waals surface area contributed by atoms with Crippen LogP contribution in [0.5, 0.6) is 5.75 Å². The molecule has 0 aliphatic carbocycles. The van der Waals surface area contributed by atoms with Gasteiger partial charge in [0.05, 0.1) is 5.75 Å². The Labute approximate surface area is 124 Å². The maximum atomic E-state index is 12.0. The Morgan fingerprint density at radius 1 is 1.33 bits per heavy atom. The fraction of sp³-hybridized carbons (Fsp3) is 0.462. The second-order valence-corrected chi connectivity index (χ2v) is 7.55. The van der Waals surface area contributed by atoms with Crippen LogP contribution in [0, 0.1) is 5.41 Å². The third-order valence-corrected chi connectivity index (χ3v) is 4.06. The summed E-state index contributed by atoms with van der Waals surface area (Å²) in [6, 6.07) is 6.36. The average molecular weight is 315 g/mol. The van der Waals surface area contributed by atoms with Gasteiger partial charge in [0.1, 0.15) is 12.4 Å². The molecule has 0 aliphatic rings. The van der Waals surface area contributed by atoms with Crippen molar-refractivity contribution in [1.29, 1.82) is 0 Å². The van der Waals surface area contributed by atoms with Crippen LogP contribution in [0.3, 0.4) is 0 Å². The molecular formula is C13H21N3O4S. The number of oxime groups is 1. The number of hydrogen-bond acceptors (Lipinski definition) is 5. The van der Waals surface area contributed by atoms with Crippen LogP contribution in [-0.4, -0.2) is 31.8 Å². The first-order valence-electron chi connectivity index (χ1n) is 6.31. The minimum atomic E-state index is -3.40. The number of nitrogens with two attached hydrogens (primary N) is 1. The van der Waals surface area contributed by atoms with Crippen molar-refractivity contribution in [2.24, 2.45) is 16.3 Å². The maximum Gasteiger partial charge on any atom is 0.233 e. The van der Waals surface area contributed by atoms with Gasteiger partial charge in [-0.2, -0.15) is 0 Å². The smallest absolute Gasteiger partial charge is 0.233 e. The van der Waals surface area contributed by atoms with Crippen molar-refractivity contribution in [3.8, 4) is 5.75 Å². The molecule has 0 saturated heterocycles. The molecule has 1 aromatic rings. The number of benzene rings is 1. The summed E-state index contributed by atoms with van der Waals surface area (Å²) < 4.78 is 31.6. The Bertz CT molecular complexity index is 589. The van der Waals surface area contributed by atoms with Crippen LogP contribution in [0.4, 0.5) is 5.69 Å². The molecular weight excluding hydrogens is 294 g/mol. The normalized spacial score (nSPS) is 13.0. The Morgan fingerprint density at radius 2 is 1.90 bits per heavy atom. The summed E-state index contributed by atoms with van der Waals surface area (Å²) >= 11 is 0. The van der Waals surface area contributed by atoms with Crippen LogP contribution in [0.1, 0.15) is 20.8 Å². The summed E-state index contributed by atoms with van der Waals surface area (Å²) in [7, 11) is -3.40. The molecule has 4 N–H and O–H groups in total.